The third-order valence-corrected chi connectivity index (χ3v) is 4.65. The number of hydrogen-bond donors (Lipinski definition) is 1. The van der Waals surface area contributed by atoms with Crippen LogP contribution in [0.4, 0.5) is 0 Å². The van der Waals surface area contributed by atoms with E-state index in [1.165, 1.54) is 5.56 Å². The fraction of sp³-hybridized carbons (Fsp3) is 0.190. The second-order valence-corrected chi connectivity index (χ2v) is 6.72. The Labute approximate surface area is 151 Å². The smallest absolute Gasteiger partial charge is 0.187 e. The van der Waals surface area contributed by atoms with Crippen LogP contribution in [0.25, 0.3) is 22.3 Å². The molecular weight excluding hydrogens is 324 g/mol. The molecule has 0 saturated carbocycles. The number of H-pyrrole nitrogens is 1. The van der Waals surface area contributed by atoms with E-state index in [4.69, 9.17) is 0 Å². The summed E-state index contributed by atoms with van der Waals surface area (Å²) < 4.78 is 1.72. The van der Waals surface area contributed by atoms with E-state index >= 15 is 0 Å². The summed E-state index contributed by atoms with van der Waals surface area (Å²) in [6.07, 6.45) is 2.05. The Morgan fingerprint density at radius 3 is 2.58 bits per heavy atom. The van der Waals surface area contributed by atoms with Gasteiger partial charge in [0.15, 0.2) is 5.78 Å². The lowest BCUT2D eigenvalue weighted by atomic mass is 10.1. The number of aromatic amines is 1. The average molecular weight is 344 g/mol. The van der Waals surface area contributed by atoms with Gasteiger partial charge in [-0.15, -0.1) is 0 Å². The molecule has 0 radical (unpaired) electrons. The normalized spacial score (nSPS) is 11.2. The molecule has 3 heterocycles. The van der Waals surface area contributed by atoms with E-state index in [2.05, 4.69) is 52.3 Å². The zero-order valence-corrected chi connectivity index (χ0v) is 15.1. The molecule has 0 saturated heterocycles. The van der Waals surface area contributed by atoms with Crippen LogP contribution < -0.4 is 0 Å². The van der Waals surface area contributed by atoms with E-state index in [-0.39, 0.29) is 5.78 Å². The molecule has 3 aromatic heterocycles. The first-order chi connectivity index (χ1) is 12.5. The number of nitrogens with zero attached hydrogens (tertiary/aromatic N) is 3. The van der Waals surface area contributed by atoms with Gasteiger partial charge >= 0.3 is 0 Å². The minimum absolute atomic E-state index is 0.00384. The third-order valence-electron chi connectivity index (χ3n) is 4.65. The molecule has 130 valence electrons. The Kier molecular flexibility index (Phi) is 3.92. The summed E-state index contributed by atoms with van der Waals surface area (Å²) in [6, 6.07) is 14.3. The van der Waals surface area contributed by atoms with Crippen LogP contribution in [-0.4, -0.2) is 25.5 Å². The summed E-state index contributed by atoms with van der Waals surface area (Å²) in [7, 11) is 1.84. The van der Waals surface area contributed by atoms with E-state index in [0.717, 1.165) is 33.5 Å². The molecule has 0 bridgehead atoms. The molecule has 1 N–H and O–H groups in total. The van der Waals surface area contributed by atoms with Gasteiger partial charge in [0.05, 0.1) is 0 Å². The zero-order chi connectivity index (χ0) is 18.3. The van der Waals surface area contributed by atoms with Crippen LogP contribution in [0.15, 0.2) is 48.7 Å². The molecule has 0 unspecified atom stereocenters. The summed E-state index contributed by atoms with van der Waals surface area (Å²) in [5.41, 5.74) is 6.56. The Balaban J connectivity index is 1.61. The third kappa shape index (κ3) is 3.04. The summed E-state index contributed by atoms with van der Waals surface area (Å²) >= 11 is 0. The number of pyridine rings is 1. The molecule has 0 spiro atoms. The van der Waals surface area contributed by atoms with Crippen LogP contribution in [0, 0.1) is 13.8 Å². The van der Waals surface area contributed by atoms with Crippen LogP contribution in [-0.2, 0) is 13.5 Å². The standard InChI is InChI=1S/C21H20N4O/c1-13-4-6-16(7-5-13)18-11-17-9-15(12-22-21(17)23-18)10-20(26)19-8-14(2)25(3)24-19/h4-9,11-12H,10H2,1-3H3,(H,22,23). The van der Waals surface area contributed by atoms with Crippen molar-refractivity contribution >= 4 is 16.8 Å². The van der Waals surface area contributed by atoms with Gasteiger partial charge in [0, 0.05) is 36.4 Å². The van der Waals surface area contributed by atoms with Crippen LogP contribution in [0.1, 0.15) is 27.3 Å². The number of Topliss-reactive ketones (excluding diaryl/α,β-unsaturated/α-hetero) is 1. The van der Waals surface area contributed by atoms with Gasteiger partial charge in [0.1, 0.15) is 11.3 Å². The van der Waals surface area contributed by atoms with Crippen molar-refractivity contribution in [2.75, 3.05) is 0 Å². The zero-order valence-electron chi connectivity index (χ0n) is 15.1. The Morgan fingerprint density at radius 1 is 1.12 bits per heavy atom. The second kappa shape index (κ2) is 6.26. The largest absolute Gasteiger partial charge is 0.339 e. The molecule has 4 aromatic rings. The van der Waals surface area contributed by atoms with Crippen molar-refractivity contribution in [3.63, 3.8) is 0 Å². The second-order valence-electron chi connectivity index (χ2n) is 6.72. The predicted molar refractivity (Wildman–Crippen MR) is 102 cm³/mol. The number of benzene rings is 1. The molecule has 0 fully saturated rings. The lowest BCUT2D eigenvalue weighted by Crippen LogP contribution is -2.05. The fourth-order valence-electron chi connectivity index (χ4n) is 3.02. The van der Waals surface area contributed by atoms with Gasteiger partial charge in [-0.25, -0.2) is 4.98 Å². The van der Waals surface area contributed by atoms with Gasteiger partial charge in [-0.1, -0.05) is 29.8 Å². The molecule has 5 nitrogen and oxygen atoms in total. The number of rotatable bonds is 4. The number of carbonyl (C=O) groups excluding carboxylic acids is 1. The van der Waals surface area contributed by atoms with Crippen molar-refractivity contribution < 1.29 is 4.79 Å². The fourth-order valence-corrected chi connectivity index (χ4v) is 3.02. The van der Waals surface area contributed by atoms with E-state index in [1.54, 1.807) is 10.9 Å². The first kappa shape index (κ1) is 16.3. The first-order valence-corrected chi connectivity index (χ1v) is 8.58. The number of aryl methyl sites for hydroxylation is 3. The van der Waals surface area contributed by atoms with E-state index in [1.807, 2.05) is 26.1 Å². The number of hydrogen-bond acceptors (Lipinski definition) is 3. The van der Waals surface area contributed by atoms with E-state index in [9.17, 15) is 4.79 Å². The quantitative estimate of drug-likeness (QED) is 0.569. The molecule has 0 aliphatic carbocycles. The van der Waals surface area contributed by atoms with Gasteiger partial charge in [-0.3, -0.25) is 9.48 Å². The highest BCUT2D eigenvalue weighted by Crippen LogP contribution is 2.24. The maximum atomic E-state index is 12.5. The number of carbonyl (C=O) groups is 1. The summed E-state index contributed by atoms with van der Waals surface area (Å²) in [5.74, 6) is 0.00384. The van der Waals surface area contributed by atoms with Crippen LogP contribution in [0.3, 0.4) is 0 Å². The van der Waals surface area contributed by atoms with E-state index in [0.29, 0.717) is 12.1 Å². The van der Waals surface area contributed by atoms with Crippen molar-refractivity contribution in [1.29, 1.82) is 0 Å². The highest BCUT2D eigenvalue weighted by Gasteiger charge is 2.13. The predicted octanol–water partition coefficient (Wildman–Crippen LogP) is 4.01. The Morgan fingerprint density at radius 2 is 1.88 bits per heavy atom. The number of fused-ring (bicyclic) bond motifs is 1. The Hall–Kier alpha value is -3.21. The maximum absolute atomic E-state index is 12.5. The van der Waals surface area contributed by atoms with Crippen molar-refractivity contribution in [1.82, 2.24) is 19.7 Å². The van der Waals surface area contributed by atoms with Gasteiger partial charge in [0.2, 0.25) is 0 Å². The Bertz CT molecular complexity index is 1080. The van der Waals surface area contributed by atoms with Crippen LogP contribution >= 0.6 is 0 Å². The van der Waals surface area contributed by atoms with Crippen molar-refractivity contribution in [2.45, 2.75) is 20.3 Å². The minimum atomic E-state index is 0.00384. The lowest BCUT2D eigenvalue weighted by molar-refractivity contribution is 0.0987. The van der Waals surface area contributed by atoms with Gasteiger partial charge in [-0.05, 0) is 43.2 Å². The monoisotopic (exact) mass is 344 g/mol. The summed E-state index contributed by atoms with van der Waals surface area (Å²) in [4.78, 5) is 20.3. The molecule has 4 rings (SSSR count). The lowest BCUT2D eigenvalue weighted by Gasteiger charge is -1.99. The maximum Gasteiger partial charge on any atom is 0.187 e. The summed E-state index contributed by atoms with van der Waals surface area (Å²) in [6.45, 7) is 4.01. The van der Waals surface area contributed by atoms with Gasteiger partial charge in [-0.2, -0.15) is 5.10 Å². The molecule has 0 aliphatic rings. The van der Waals surface area contributed by atoms with E-state index < -0.39 is 0 Å². The van der Waals surface area contributed by atoms with Crippen molar-refractivity contribution in [3.8, 4) is 11.3 Å². The summed E-state index contributed by atoms with van der Waals surface area (Å²) in [5, 5.41) is 5.26. The van der Waals surface area contributed by atoms with Crippen molar-refractivity contribution in [2.24, 2.45) is 7.05 Å². The number of nitrogens with one attached hydrogen (secondary N) is 1. The molecule has 26 heavy (non-hydrogen) atoms. The highest BCUT2D eigenvalue weighted by atomic mass is 16.1. The van der Waals surface area contributed by atoms with Crippen LogP contribution in [0.2, 0.25) is 0 Å². The van der Waals surface area contributed by atoms with Gasteiger partial charge in [0.25, 0.3) is 0 Å². The average Bonchev–Trinajstić information content (AvgIpc) is 3.19. The molecule has 5 heteroatoms. The molecular formula is C21H20N4O. The molecule has 0 amide bonds. The number of aromatic nitrogens is 4. The molecule has 0 atom stereocenters. The van der Waals surface area contributed by atoms with Gasteiger partial charge < -0.3 is 4.98 Å². The molecule has 1 aromatic carbocycles. The molecule has 0 aliphatic heterocycles. The number of ketones is 1. The SMILES string of the molecule is Cc1ccc(-c2cc3cc(CC(=O)c4cc(C)n(C)n4)cnc3[nH]2)cc1. The first-order valence-electron chi connectivity index (χ1n) is 8.58. The minimum Gasteiger partial charge on any atom is -0.339 e. The topological polar surface area (TPSA) is 63.6 Å². The van der Waals surface area contributed by atoms with Crippen molar-refractivity contribution in [3.05, 3.63) is 71.2 Å². The highest BCUT2D eigenvalue weighted by molar-refractivity contribution is 5.96. The van der Waals surface area contributed by atoms with Crippen LogP contribution in [0.5, 0.6) is 0 Å².